The summed E-state index contributed by atoms with van der Waals surface area (Å²) < 4.78 is 1.82. The Balaban J connectivity index is 2.13. The number of carbonyl (C=O) groups excluding carboxylic acids is 1. The summed E-state index contributed by atoms with van der Waals surface area (Å²) in [5.74, 6) is 0.952. The molecule has 6 heteroatoms. The Kier molecular flexibility index (Phi) is 4.17. The molecule has 1 amide bonds. The largest absolute Gasteiger partial charge is 0.356 e. The lowest BCUT2D eigenvalue weighted by Crippen LogP contribution is -2.20. The fourth-order valence-electron chi connectivity index (χ4n) is 2.54. The Hall–Kier alpha value is -0.740. The van der Waals surface area contributed by atoms with Gasteiger partial charge in [-0.2, -0.15) is 0 Å². The molecule has 2 atom stereocenters. The molecule has 2 heterocycles. The number of carbonyl (C=O) groups is 1. The Morgan fingerprint density at radius 1 is 1.56 bits per heavy atom. The number of nitrogens with one attached hydrogen (secondary N) is 1. The molecule has 1 aliphatic rings. The summed E-state index contributed by atoms with van der Waals surface area (Å²) in [5.41, 5.74) is 0.952. The fraction of sp³-hybridized carbons (Fsp3) is 0.667. The number of rotatable bonds is 4. The van der Waals surface area contributed by atoms with Gasteiger partial charge in [0.15, 0.2) is 5.15 Å². The van der Waals surface area contributed by atoms with Crippen molar-refractivity contribution in [3.63, 3.8) is 0 Å². The van der Waals surface area contributed by atoms with Crippen molar-refractivity contribution in [2.24, 2.45) is 18.9 Å². The van der Waals surface area contributed by atoms with E-state index in [9.17, 15) is 4.79 Å². The van der Waals surface area contributed by atoms with E-state index >= 15 is 0 Å². The summed E-state index contributed by atoms with van der Waals surface area (Å²) >= 11 is 12.0. The number of hydrogen-bond acceptors (Lipinski definition) is 2. The molecule has 1 aromatic rings. The molecule has 0 bridgehead atoms. The lowest BCUT2D eigenvalue weighted by molar-refractivity contribution is -0.119. The van der Waals surface area contributed by atoms with E-state index in [-0.39, 0.29) is 5.91 Å². The van der Waals surface area contributed by atoms with Gasteiger partial charge in [0.2, 0.25) is 11.2 Å². The van der Waals surface area contributed by atoms with Gasteiger partial charge in [-0.15, -0.1) is 0 Å². The second-order valence-corrected chi connectivity index (χ2v) is 5.51. The second-order valence-electron chi connectivity index (χ2n) is 4.82. The van der Waals surface area contributed by atoms with Crippen LogP contribution in [0, 0.1) is 11.8 Å². The van der Waals surface area contributed by atoms with Crippen molar-refractivity contribution in [2.45, 2.75) is 26.2 Å². The van der Waals surface area contributed by atoms with Gasteiger partial charge in [0.25, 0.3) is 0 Å². The van der Waals surface area contributed by atoms with E-state index in [4.69, 9.17) is 23.2 Å². The number of aromatic nitrogens is 2. The van der Waals surface area contributed by atoms with E-state index in [0.29, 0.717) is 28.7 Å². The summed E-state index contributed by atoms with van der Waals surface area (Å²) in [6.45, 7) is 2.90. The Labute approximate surface area is 117 Å². The first-order valence-corrected chi connectivity index (χ1v) is 6.91. The smallest absolute Gasteiger partial charge is 0.220 e. The predicted molar refractivity (Wildman–Crippen MR) is 71.8 cm³/mol. The zero-order valence-corrected chi connectivity index (χ0v) is 12.1. The molecule has 4 nitrogen and oxygen atoms in total. The predicted octanol–water partition coefficient (Wildman–Crippen LogP) is 2.43. The monoisotopic (exact) mass is 289 g/mol. The van der Waals surface area contributed by atoms with Gasteiger partial charge in [-0.25, -0.2) is 4.98 Å². The molecule has 0 aliphatic carbocycles. The van der Waals surface area contributed by atoms with E-state index in [1.165, 1.54) is 0 Å². The maximum atomic E-state index is 11.3. The van der Waals surface area contributed by atoms with Gasteiger partial charge in [0.05, 0.1) is 5.69 Å². The van der Waals surface area contributed by atoms with Crippen LogP contribution in [0.1, 0.15) is 25.5 Å². The number of imidazole rings is 1. The molecular formula is C12H17Cl2N3O. The van der Waals surface area contributed by atoms with Gasteiger partial charge in [-0.3, -0.25) is 4.79 Å². The quantitative estimate of drug-likeness (QED) is 0.925. The minimum absolute atomic E-state index is 0.146. The summed E-state index contributed by atoms with van der Waals surface area (Å²) in [6, 6.07) is 0. The minimum atomic E-state index is 0.146. The van der Waals surface area contributed by atoms with E-state index in [2.05, 4.69) is 17.2 Å². The van der Waals surface area contributed by atoms with Crippen LogP contribution in [0.2, 0.25) is 10.4 Å². The van der Waals surface area contributed by atoms with Crippen molar-refractivity contribution in [3.05, 3.63) is 16.1 Å². The molecule has 100 valence electrons. The van der Waals surface area contributed by atoms with Crippen LogP contribution in [-0.2, 0) is 18.3 Å². The molecule has 0 aromatic carbocycles. The maximum Gasteiger partial charge on any atom is 0.220 e. The lowest BCUT2D eigenvalue weighted by Gasteiger charge is -2.20. The van der Waals surface area contributed by atoms with E-state index in [1.807, 2.05) is 11.6 Å². The number of hydrogen-bond donors (Lipinski definition) is 1. The van der Waals surface area contributed by atoms with Gasteiger partial charge in [0.1, 0.15) is 0 Å². The second kappa shape index (κ2) is 5.49. The minimum Gasteiger partial charge on any atom is -0.356 e. The zero-order valence-electron chi connectivity index (χ0n) is 10.5. The Bertz CT molecular complexity index is 458. The number of nitrogens with zero attached hydrogens (tertiary/aromatic N) is 2. The summed E-state index contributed by atoms with van der Waals surface area (Å²) in [4.78, 5) is 15.3. The van der Waals surface area contributed by atoms with Gasteiger partial charge in [-0.05, 0) is 29.9 Å². The Morgan fingerprint density at radius 2 is 2.28 bits per heavy atom. The third-order valence-electron chi connectivity index (χ3n) is 3.77. The van der Waals surface area contributed by atoms with E-state index in [0.717, 1.165) is 25.1 Å². The van der Waals surface area contributed by atoms with Crippen LogP contribution in [0.5, 0.6) is 0 Å². The molecule has 18 heavy (non-hydrogen) atoms. The molecule has 1 saturated heterocycles. The van der Waals surface area contributed by atoms with E-state index < -0.39 is 0 Å². The van der Waals surface area contributed by atoms with Crippen molar-refractivity contribution in [3.8, 4) is 0 Å². The molecule has 1 fully saturated rings. The first kappa shape index (κ1) is 13.7. The molecular weight excluding hydrogens is 273 g/mol. The van der Waals surface area contributed by atoms with Crippen molar-refractivity contribution in [2.75, 3.05) is 6.54 Å². The third-order valence-corrected chi connectivity index (χ3v) is 4.41. The normalized spacial score (nSPS) is 21.1. The van der Waals surface area contributed by atoms with Crippen LogP contribution in [0.15, 0.2) is 0 Å². The highest BCUT2D eigenvalue weighted by Crippen LogP contribution is 2.29. The first-order chi connectivity index (χ1) is 8.52. The van der Waals surface area contributed by atoms with Crippen LogP contribution < -0.4 is 5.32 Å². The number of amides is 1. The third kappa shape index (κ3) is 2.64. The fourth-order valence-corrected chi connectivity index (χ4v) is 3.06. The van der Waals surface area contributed by atoms with Crippen LogP contribution >= 0.6 is 23.2 Å². The molecule has 1 N–H and O–H groups in total. The highest BCUT2D eigenvalue weighted by Gasteiger charge is 2.29. The van der Waals surface area contributed by atoms with Gasteiger partial charge >= 0.3 is 0 Å². The van der Waals surface area contributed by atoms with Crippen molar-refractivity contribution in [1.29, 1.82) is 0 Å². The molecule has 2 rings (SSSR count). The first-order valence-electron chi connectivity index (χ1n) is 6.16. The highest BCUT2D eigenvalue weighted by molar-refractivity contribution is 6.32. The molecule has 1 aromatic heterocycles. The van der Waals surface area contributed by atoms with Crippen molar-refractivity contribution < 1.29 is 4.79 Å². The van der Waals surface area contributed by atoms with Crippen LogP contribution in [0.4, 0.5) is 0 Å². The van der Waals surface area contributed by atoms with Crippen molar-refractivity contribution in [1.82, 2.24) is 14.9 Å². The molecule has 2 unspecified atom stereocenters. The highest BCUT2D eigenvalue weighted by atomic mass is 35.5. The summed E-state index contributed by atoms with van der Waals surface area (Å²) in [6.07, 6.45) is 2.44. The average molecular weight is 290 g/mol. The van der Waals surface area contributed by atoms with Gasteiger partial charge < -0.3 is 9.88 Å². The number of halogens is 2. The van der Waals surface area contributed by atoms with Crippen LogP contribution in [-0.4, -0.2) is 22.0 Å². The standard InChI is InChI=1S/C12H17Cl2N3O/c1-3-7(8-5-10(18)15-6-8)4-9-11(13)16-12(14)17(9)2/h7-8H,3-6H2,1-2H3,(H,15,18). The van der Waals surface area contributed by atoms with Crippen LogP contribution in [0.25, 0.3) is 0 Å². The average Bonchev–Trinajstić information content (AvgIpc) is 2.84. The van der Waals surface area contributed by atoms with Crippen molar-refractivity contribution >= 4 is 29.1 Å². The summed E-state index contributed by atoms with van der Waals surface area (Å²) in [7, 11) is 1.86. The molecule has 0 spiro atoms. The maximum absolute atomic E-state index is 11.3. The Morgan fingerprint density at radius 3 is 2.72 bits per heavy atom. The van der Waals surface area contributed by atoms with Gasteiger partial charge in [0, 0.05) is 20.0 Å². The summed E-state index contributed by atoms with van der Waals surface area (Å²) in [5, 5.41) is 3.76. The van der Waals surface area contributed by atoms with Gasteiger partial charge in [-0.1, -0.05) is 24.9 Å². The lowest BCUT2D eigenvalue weighted by atomic mass is 9.85. The molecule has 0 radical (unpaired) electrons. The van der Waals surface area contributed by atoms with Crippen LogP contribution in [0.3, 0.4) is 0 Å². The SMILES string of the molecule is CCC(Cc1c(Cl)nc(Cl)n1C)C1CNC(=O)C1. The topological polar surface area (TPSA) is 46.9 Å². The molecule has 1 aliphatic heterocycles. The van der Waals surface area contributed by atoms with E-state index in [1.54, 1.807) is 0 Å². The molecule has 0 saturated carbocycles. The zero-order chi connectivity index (χ0) is 13.3.